The summed E-state index contributed by atoms with van der Waals surface area (Å²) >= 11 is 0. The molecule has 2 aliphatic rings. The van der Waals surface area contributed by atoms with E-state index < -0.39 is 0 Å². The van der Waals surface area contributed by atoms with Gasteiger partial charge < -0.3 is 4.90 Å². The molecule has 1 nitrogen and oxygen atoms in total. The molecule has 0 bridgehead atoms. The van der Waals surface area contributed by atoms with E-state index in [1.54, 1.807) is 0 Å². The predicted molar refractivity (Wildman–Crippen MR) is 255 cm³/mol. The molecular weight excluding hydrogens is 711 g/mol. The van der Waals surface area contributed by atoms with Crippen molar-refractivity contribution in [3.8, 4) is 22.3 Å². The Hall–Kier alpha value is -5.92. The van der Waals surface area contributed by atoms with Crippen LogP contribution in [0.1, 0.15) is 103 Å². The largest absolute Gasteiger partial charge is 0.310 e. The minimum absolute atomic E-state index is 0.0704. The fourth-order valence-corrected chi connectivity index (χ4v) is 10.9. The van der Waals surface area contributed by atoms with Gasteiger partial charge in [0.15, 0.2) is 0 Å². The van der Waals surface area contributed by atoms with Gasteiger partial charge in [0.25, 0.3) is 0 Å². The van der Waals surface area contributed by atoms with E-state index in [2.05, 4.69) is 214 Å². The summed E-state index contributed by atoms with van der Waals surface area (Å²) in [6, 6.07) is 54.0. The van der Waals surface area contributed by atoms with Crippen molar-refractivity contribution >= 4 is 60.2 Å². The van der Waals surface area contributed by atoms with Crippen LogP contribution in [-0.4, -0.2) is 0 Å². The molecule has 0 unspecified atom stereocenters. The molecule has 0 saturated carbocycles. The van der Waals surface area contributed by atoms with Crippen LogP contribution in [0.4, 0.5) is 17.1 Å². The normalized spacial score (nSPS) is 15.2. The maximum absolute atomic E-state index is 2.59. The Kier molecular flexibility index (Phi) is 7.27. The summed E-state index contributed by atoms with van der Waals surface area (Å²) in [4.78, 5) is 2.50. The first-order valence-electron chi connectivity index (χ1n) is 21.5. The highest BCUT2D eigenvalue weighted by molar-refractivity contribution is 6.26. The second-order valence-electron chi connectivity index (χ2n) is 20.6. The Morgan fingerprint density at radius 1 is 0.390 bits per heavy atom. The predicted octanol–water partition coefficient (Wildman–Crippen LogP) is 16.4. The molecule has 0 atom stereocenters. The van der Waals surface area contributed by atoms with Crippen LogP contribution in [0, 0.1) is 0 Å². The second kappa shape index (κ2) is 11.9. The topological polar surface area (TPSA) is 3.24 Å². The molecule has 1 heteroatoms. The number of hydrogen-bond acceptors (Lipinski definition) is 1. The lowest BCUT2D eigenvalue weighted by molar-refractivity contribution is 0.590. The molecule has 0 fully saturated rings. The van der Waals surface area contributed by atoms with Crippen LogP contribution in [0.3, 0.4) is 0 Å². The molecule has 0 radical (unpaired) electrons. The smallest absolute Gasteiger partial charge is 0.0543 e. The van der Waals surface area contributed by atoms with Crippen molar-refractivity contribution in [3.63, 3.8) is 0 Å². The number of anilines is 3. The van der Waals surface area contributed by atoms with Gasteiger partial charge in [-0.2, -0.15) is 0 Å². The van der Waals surface area contributed by atoms with Crippen molar-refractivity contribution < 1.29 is 0 Å². The first kappa shape index (κ1) is 36.2. The summed E-state index contributed by atoms with van der Waals surface area (Å²) in [7, 11) is 0. The molecule has 0 aliphatic heterocycles. The standard InChI is InChI=1S/C58H53N/c1-55(2,3)37-21-25-39(26-22-37)59(40-27-23-38(24-28-40)56(4,5)6)50-33-49-53(42-17-12-11-16-41(42)50)44-31-47-45(32-46(44)58(49,9)10)54-43-29-20-35-15-13-14-34-18-19-36(52(43)51(34)35)30-48(54)57(47,7)8/h11-33H,1-10H3. The molecule has 9 aromatic rings. The lowest BCUT2D eigenvalue weighted by Crippen LogP contribution is -2.18. The van der Waals surface area contributed by atoms with Gasteiger partial charge in [-0.25, -0.2) is 0 Å². The van der Waals surface area contributed by atoms with Crippen LogP contribution in [0.15, 0.2) is 140 Å². The Labute approximate surface area is 349 Å². The number of nitrogens with zero attached hydrogens (tertiary/aromatic N) is 1. The third kappa shape index (κ3) is 5.03. The SMILES string of the molecule is CC(C)(C)c1ccc(N(c2ccc(C(C)(C)C)cc2)c2cc3c(c4ccccc24)-c2cc4c(cc2C3(C)C)-c2c(cc3ccc5cccc6ccc2c3c56)C4(C)C)cc1. The van der Waals surface area contributed by atoms with Crippen LogP contribution >= 0.6 is 0 Å². The summed E-state index contributed by atoms with van der Waals surface area (Å²) in [5.41, 5.74) is 17.2. The molecule has 9 aromatic carbocycles. The molecule has 11 rings (SSSR count). The van der Waals surface area contributed by atoms with E-state index in [4.69, 9.17) is 0 Å². The fraction of sp³-hybridized carbons (Fsp3) is 0.241. The van der Waals surface area contributed by atoms with E-state index in [1.807, 2.05) is 0 Å². The molecule has 0 amide bonds. The van der Waals surface area contributed by atoms with Crippen LogP contribution in [0.25, 0.3) is 65.3 Å². The van der Waals surface area contributed by atoms with Gasteiger partial charge in [-0.15, -0.1) is 0 Å². The molecule has 0 spiro atoms. The van der Waals surface area contributed by atoms with E-state index in [1.165, 1.54) is 116 Å². The van der Waals surface area contributed by atoms with Crippen molar-refractivity contribution in [1.82, 2.24) is 0 Å². The van der Waals surface area contributed by atoms with Crippen molar-refractivity contribution in [2.75, 3.05) is 4.90 Å². The third-order valence-corrected chi connectivity index (χ3v) is 14.3. The second-order valence-corrected chi connectivity index (χ2v) is 20.6. The van der Waals surface area contributed by atoms with Crippen LogP contribution in [0.5, 0.6) is 0 Å². The van der Waals surface area contributed by atoms with Gasteiger partial charge in [-0.1, -0.05) is 160 Å². The summed E-state index contributed by atoms with van der Waals surface area (Å²) < 4.78 is 0. The highest BCUT2D eigenvalue weighted by Gasteiger charge is 2.43. The van der Waals surface area contributed by atoms with Gasteiger partial charge in [0.2, 0.25) is 0 Å². The minimum atomic E-state index is -0.229. The van der Waals surface area contributed by atoms with E-state index in [9.17, 15) is 0 Å². The molecule has 2 aliphatic carbocycles. The average Bonchev–Trinajstić information content (AvgIpc) is 3.57. The van der Waals surface area contributed by atoms with Crippen molar-refractivity contribution in [1.29, 1.82) is 0 Å². The quantitative estimate of drug-likeness (QED) is 0.162. The molecule has 0 N–H and O–H groups in total. The highest BCUT2D eigenvalue weighted by atomic mass is 15.1. The molecule has 0 aromatic heterocycles. The summed E-state index contributed by atoms with van der Waals surface area (Å²) in [6.45, 7) is 23.5. The van der Waals surface area contributed by atoms with Crippen LogP contribution < -0.4 is 4.90 Å². The maximum atomic E-state index is 2.59. The average molecular weight is 764 g/mol. The van der Waals surface area contributed by atoms with Gasteiger partial charge in [0.1, 0.15) is 0 Å². The molecular formula is C58H53N. The third-order valence-electron chi connectivity index (χ3n) is 14.3. The molecule has 59 heavy (non-hydrogen) atoms. The van der Waals surface area contributed by atoms with E-state index in [0.717, 1.165) is 0 Å². The van der Waals surface area contributed by atoms with Crippen molar-refractivity contribution in [3.05, 3.63) is 173 Å². The number of hydrogen-bond donors (Lipinski definition) is 0. The first-order valence-corrected chi connectivity index (χ1v) is 21.5. The maximum Gasteiger partial charge on any atom is 0.0543 e. The Morgan fingerprint density at radius 2 is 0.864 bits per heavy atom. The van der Waals surface area contributed by atoms with E-state index in [0.29, 0.717) is 0 Å². The van der Waals surface area contributed by atoms with E-state index in [-0.39, 0.29) is 21.7 Å². The molecule has 0 heterocycles. The lowest BCUT2D eigenvalue weighted by Gasteiger charge is -2.31. The Balaban J connectivity index is 1.15. The zero-order chi connectivity index (χ0) is 41.0. The van der Waals surface area contributed by atoms with Crippen LogP contribution in [-0.2, 0) is 21.7 Å². The Bertz CT molecular complexity index is 3120. The Morgan fingerprint density at radius 3 is 1.41 bits per heavy atom. The fourth-order valence-electron chi connectivity index (χ4n) is 10.9. The molecule has 290 valence electrons. The zero-order valence-electron chi connectivity index (χ0n) is 36.2. The summed E-state index contributed by atoms with van der Waals surface area (Å²) in [6.07, 6.45) is 0. The lowest BCUT2D eigenvalue weighted by atomic mass is 9.79. The van der Waals surface area contributed by atoms with Gasteiger partial charge in [-0.05, 0) is 153 Å². The summed E-state index contributed by atoms with van der Waals surface area (Å²) in [5.74, 6) is 0. The van der Waals surface area contributed by atoms with Crippen LogP contribution in [0.2, 0.25) is 0 Å². The summed E-state index contributed by atoms with van der Waals surface area (Å²) in [5, 5.41) is 10.7. The highest BCUT2D eigenvalue weighted by Crippen LogP contribution is 2.60. The number of fused-ring (bicyclic) bond motifs is 9. The van der Waals surface area contributed by atoms with Gasteiger partial charge in [0, 0.05) is 27.6 Å². The van der Waals surface area contributed by atoms with E-state index >= 15 is 0 Å². The van der Waals surface area contributed by atoms with Gasteiger partial charge in [0.05, 0.1) is 5.69 Å². The number of benzene rings is 9. The molecule has 0 saturated heterocycles. The van der Waals surface area contributed by atoms with Gasteiger partial charge in [-0.3, -0.25) is 0 Å². The monoisotopic (exact) mass is 763 g/mol. The number of rotatable bonds is 3. The zero-order valence-corrected chi connectivity index (χ0v) is 36.2. The van der Waals surface area contributed by atoms with Crippen molar-refractivity contribution in [2.45, 2.75) is 90.9 Å². The van der Waals surface area contributed by atoms with Gasteiger partial charge >= 0.3 is 0 Å². The first-order chi connectivity index (χ1) is 28.0. The van der Waals surface area contributed by atoms with Crippen molar-refractivity contribution in [2.24, 2.45) is 0 Å². The minimum Gasteiger partial charge on any atom is -0.310 e.